The zero-order valence-corrected chi connectivity index (χ0v) is 13.9. The summed E-state index contributed by atoms with van der Waals surface area (Å²) in [6.45, 7) is 0.621. The van der Waals surface area contributed by atoms with Gasteiger partial charge < -0.3 is 11.1 Å². The number of benzene rings is 1. The van der Waals surface area contributed by atoms with E-state index >= 15 is 0 Å². The Morgan fingerprint density at radius 3 is 2.84 bits per heavy atom. The molecule has 25 heavy (non-hydrogen) atoms. The minimum Gasteiger partial charge on any atom is -0.382 e. The van der Waals surface area contributed by atoms with E-state index in [2.05, 4.69) is 25.4 Å². The van der Waals surface area contributed by atoms with Crippen LogP contribution in [0.5, 0.6) is 0 Å². The van der Waals surface area contributed by atoms with E-state index < -0.39 is 0 Å². The number of aromatic nitrogens is 5. The first-order valence-corrected chi connectivity index (χ1v) is 7.98. The molecule has 3 aromatic heterocycles. The SMILES string of the molecule is Nc1nn2cccnc2c1-c1cc(NCc2ccc(Cl)cc2)ncn1.[HH].[HH].[HH]. The first kappa shape index (κ1) is 15.3. The van der Waals surface area contributed by atoms with Crippen LogP contribution in [0.2, 0.25) is 5.02 Å². The van der Waals surface area contributed by atoms with Gasteiger partial charge in [0.2, 0.25) is 0 Å². The van der Waals surface area contributed by atoms with Gasteiger partial charge in [0.25, 0.3) is 0 Å². The molecule has 0 amide bonds. The summed E-state index contributed by atoms with van der Waals surface area (Å²) in [5, 5.41) is 8.24. The van der Waals surface area contributed by atoms with Crippen LogP contribution in [0.25, 0.3) is 16.9 Å². The minimum absolute atomic E-state index is 0. The first-order chi connectivity index (χ1) is 12.2. The molecule has 0 aliphatic rings. The molecule has 130 valence electrons. The average Bonchev–Trinajstić information content (AvgIpc) is 2.97. The number of halogens is 1. The van der Waals surface area contributed by atoms with Crippen LogP contribution >= 0.6 is 11.6 Å². The predicted octanol–water partition coefficient (Wildman–Crippen LogP) is 3.77. The number of nitrogens with zero attached hydrogens (tertiary/aromatic N) is 5. The van der Waals surface area contributed by atoms with Gasteiger partial charge in [0.1, 0.15) is 12.1 Å². The normalized spacial score (nSPS) is 10.9. The van der Waals surface area contributed by atoms with E-state index in [1.807, 2.05) is 30.3 Å². The lowest BCUT2D eigenvalue weighted by atomic mass is 10.2. The lowest BCUT2D eigenvalue weighted by Crippen LogP contribution is -2.02. The molecule has 0 saturated heterocycles. The van der Waals surface area contributed by atoms with E-state index in [0.717, 1.165) is 5.56 Å². The number of hydrogen-bond donors (Lipinski definition) is 2. The summed E-state index contributed by atoms with van der Waals surface area (Å²) in [7, 11) is 0. The highest BCUT2D eigenvalue weighted by Crippen LogP contribution is 2.28. The quantitative estimate of drug-likeness (QED) is 0.577. The van der Waals surface area contributed by atoms with Gasteiger partial charge >= 0.3 is 0 Å². The Morgan fingerprint density at radius 1 is 1.16 bits per heavy atom. The van der Waals surface area contributed by atoms with Gasteiger partial charge in [0.05, 0.1) is 11.3 Å². The summed E-state index contributed by atoms with van der Waals surface area (Å²) in [5.74, 6) is 1.07. The summed E-state index contributed by atoms with van der Waals surface area (Å²) in [6.07, 6.45) is 4.98. The fourth-order valence-electron chi connectivity index (χ4n) is 2.54. The van der Waals surface area contributed by atoms with Crippen molar-refractivity contribution in [2.75, 3.05) is 11.1 Å². The van der Waals surface area contributed by atoms with Gasteiger partial charge in [0.15, 0.2) is 11.5 Å². The van der Waals surface area contributed by atoms with Crippen molar-refractivity contribution in [3.05, 3.63) is 65.7 Å². The Balaban J connectivity index is 0.00000131. The molecule has 7 nitrogen and oxygen atoms in total. The van der Waals surface area contributed by atoms with Crippen molar-refractivity contribution in [2.24, 2.45) is 0 Å². The van der Waals surface area contributed by atoms with Crippen LogP contribution in [0.15, 0.2) is 55.1 Å². The van der Waals surface area contributed by atoms with E-state index in [4.69, 9.17) is 17.3 Å². The van der Waals surface area contributed by atoms with Crippen LogP contribution in [-0.2, 0) is 6.54 Å². The van der Waals surface area contributed by atoms with Crippen molar-refractivity contribution < 1.29 is 4.28 Å². The Bertz CT molecular complexity index is 1040. The van der Waals surface area contributed by atoms with Gasteiger partial charge in [0, 0.05) is 34.3 Å². The highest BCUT2D eigenvalue weighted by Gasteiger charge is 2.15. The molecule has 8 heteroatoms. The van der Waals surface area contributed by atoms with Crippen LogP contribution < -0.4 is 11.1 Å². The minimum atomic E-state index is 0. The molecule has 0 atom stereocenters. The molecule has 0 saturated carbocycles. The summed E-state index contributed by atoms with van der Waals surface area (Å²) in [4.78, 5) is 12.9. The van der Waals surface area contributed by atoms with Crippen molar-refractivity contribution >= 4 is 28.9 Å². The van der Waals surface area contributed by atoms with Gasteiger partial charge in [-0.3, -0.25) is 0 Å². The lowest BCUT2D eigenvalue weighted by Gasteiger charge is -2.07. The van der Waals surface area contributed by atoms with Crippen LogP contribution in [0.4, 0.5) is 11.6 Å². The number of nitrogens with two attached hydrogens (primary N) is 1. The molecular weight excluding hydrogens is 338 g/mol. The third-order valence-electron chi connectivity index (χ3n) is 3.73. The molecule has 0 bridgehead atoms. The van der Waals surface area contributed by atoms with Crippen molar-refractivity contribution in [3.63, 3.8) is 0 Å². The molecule has 4 rings (SSSR count). The summed E-state index contributed by atoms with van der Waals surface area (Å²) in [6, 6.07) is 11.3. The van der Waals surface area contributed by atoms with Crippen molar-refractivity contribution in [1.82, 2.24) is 24.6 Å². The average molecular weight is 358 g/mol. The maximum absolute atomic E-state index is 6.05. The molecule has 0 aliphatic carbocycles. The van der Waals surface area contributed by atoms with Crippen LogP contribution in [0, 0.1) is 0 Å². The van der Waals surface area contributed by atoms with Gasteiger partial charge in [-0.25, -0.2) is 19.5 Å². The van der Waals surface area contributed by atoms with Gasteiger partial charge in [-0.2, -0.15) is 0 Å². The summed E-state index contributed by atoms with van der Waals surface area (Å²) < 4.78 is 1.63. The summed E-state index contributed by atoms with van der Waals surface area (Å²) >= 11 is 5.90. The highest BCUT2D eigenvalue weighted by molar-refractivity contribution is 6.30. The molecule has 0 aliphatic heterocycles. The standard InChI is InChI=1S/C17H14ClN7.3H2/c18-12-4-2-11(3-5-12)9-21-14-8-13(22-10-23-14)15-16(19)24-25-7-1-6-20-17(15)25;;;/h1-8,10H,9H2,(H2,19,24)(H,21,22,23);3*1H. The maximum atomic E-state index is 6.05. The molecule has 4 aromatic rings. The zero-order valence-electron chi connectivity index (χ0n) is 13.1. The molecule has 0 spiro atoms. The number of rotatable bonds is 4. The Morgan fingerprint density at radius 2 is 2.00 bits per heavy atom. The van der Waals surface area contributed by atoms with Gasteiger partial charge in [-0.05, 0) is 23.8 Å². The molecule has 0 fully saturated rings. The zero-order chi connectivity index (χ0) is 17.2. The molecular formula is C17H20ClN7. The van der Waals surface area contributed by atoms with E-state index in [0.29, 0.717) is 40.1 Å². The topological polar surface area (TPSA) is 94.0 Å². The first-order valence-electron chi connectivity index (χ1n) is 7.60. The number of hydrogen-bond acceptors (Lipinski definition) is 6. The molecule has 3 N–H and O–H groups in total. The predicted molar refractivity (Wildman–Crippen MR) is 104 cm³/mol. The fourth-order valence-corrected chi connectivity index (χ4v) is 2.66. The molecule has 1 aromatic carbocycles. The number of nitrogens with one attached hydrogen (secondary N) is 1. The maximum Gasteiger partial charge on any atom is 0.166 e. The van der Waals surface area contributed by atoms with E-state index in [1.165, 1.54) is 6.33 Å². The Labute approximate surface area is 153 Å². The van der Waals surface area contributed by atoms with E-state index in [9.17, 15) is 0 Å². The van der Waals surface area contributed by atoms with Crippen molar-refractivity contribution in [1.29, 1.82) is 0 Å². The van der Waals surface area contributed by atoms with Crippen LogP contribution in [0.1, 0.15) is 9.84 Å². The highest BCUT2D eigenvalue weighted by atomic mass is 35.5. The third-order valence-corrected chi connectivity index (χ3v) is 3.98. The van der Waals surface area contributed by atoms with Gasteiger partial charge in [-0.1, -0.05) is 23.7 Å². The third kappa shape index (κ3) is 3.09. The number of nitrogen functional groups attached to an aromatic ring is 1. The fraction of sp³-hybridized carbons (Fsp3) is 0.0588. The largest absolute Gasteiger partial charge is 0.382 e. The second-order valence-electron chi connectivity index (χ2n) is 5.42. The van der Waals surface area contributed by atoms with Crippen LogP contribution in [-0.4, -0.2) is 24.6 Å². The second kappa shape index (κ2) is 6.37. The van der Waals surface area contributed by atoms with E-state index in [-0.39, 0.29) is 4.28 Å². The van der Waals surface area contributed by atoms with Gasteiger partial charge in [-0.15, -0.1) is 5.10 Å². The van der Waals surface area contributed by atoms with Crippen molar-refractivity contribution in [2.45, 2.75) is 6.54 Å². The Hall–Kier alpha value is -3.19. The van der Waals surface area contributed by atoms with Crippen molar-refractivity contribution in [3.8, 4) is 11.3 Å². The van der Waals surface area contributed by atoms with Crippen LogP contribution in [0.3, 0.4) is 0 Å². The lowest BCUT2D eigenvalue weighted by molar-refractivity contribution is 0.945. The summed E-state index contributed by atoms with van der Waals surface area (Å²) in [5.41, 5.74) is 9.16. The molecule has 3 heterocycles. The van der Waals surface area contributed by atoms with E-state index in [1.54, 1.807) is 23.0 Å². The second-order valence-corrected chi connectivity index (χ2v) is 5.85. The smallest absolute Gasteiger partial charge is 0.166 e. The monoisotopic (exact) mass is 357 g/mol. The molecule has 0 radical (unpaired) electrons. The number of anilines is 2. The number of fused-ring (bicyclic) bond motifs is 1. The molecule has 0 unspecified atom stereocenters. The Kier molecular flexibility index (Phi) is 3.91.